The van der Waals surface area contributed by atoms with Crippen molar-refractivity contribution in [2.24, 2.45) is 0 Å². The number of imide groups is 1. The molecule has 0 radical (unpaired) electrons. The summed E-state index contributed by atoms with van der Waals surface area (Å²) in [5.41, 5.74) is 2.27. The lowest BCUT2D eigenvalue weighted by atomic mass is 10.1. The fourth-order valence-corrected chi connectivity index (χ4v) is 3.48. The Hall–Kier alpha value is -3.15. The van der Waals surface area contributed by atoms with E-state index in [9.17, 15) is 19.5 Å². The highest BCUT2D eigenvalue weighted by molar-refractivity contribution is 6.21. The van der Waals surface area contributed by atoms with Crippen molar-refractivity contribution < 1.29 is 19.5 Å². The van der Waals surface area contributed by atoms with E-state index in [2.05, 4.69) is 0 Å². The Kier molecular flexibility index (Phi) is 3.13. The Labute approximate surface area is 137 Å². The molecule has 6 heteroatoms. The Bertz CT molecular complexity index is 842. The van der Waals surface area contributed by atoms with Crippen molar-refractivity contribution >= 4 is 23.6 Å². The molecule has 0 saturated heterocycles. The first-order valence-corrected chi connectivity index (χ1v) is 7.63. The molecular weight excluding hydrogens is 308 g/mol. The summed E-state index contributed by atoms with van der Waals surface area (Å²) >= 11 is 0. The summed E-state index contributed by atoms with van der Waals surface area (Å²) < 4.78 is 0. The first-order valence-electron chi connectivity index (χ1n) is 7.63. The van der Waals surface area contributed by atoms with E-state index in [-0.39, 0.29) is 18.4 Å². The van der Waals surface area contributed by atoms with E-state index >= 15 is 0 Å². The van der Waals surface area contributed by atoms with Crippen LogP contribution in [0.1, 0.15) is 26.3 Å². The molecule has 1 unspecified atom stereocenters. The van der Waals surface area contributed by atoms with Gasteiger partial charge in [0.1, 0.15) is 0 Å². The third-order valence-corrected chi connectivity index (χ3v) is 4.55. The highest BCUT2D eigenvalue weighted by Crippen LogP contribution is 2.33. The summed E-state index contributed by atoms with van der Waals surface area (Å²) in [4.78, 5) is 39.0. The lowest BCUT2D eigenvalue weighted by molar-refractivity contribution is 0.0643. The fourth-order valence-electron chi connectivity index (χ4n) is 3.48. The summed E-state index contributed by atoms with van der Waals surface area (Å²) in [6.45, 7) is 0.0489. The summed E-state index contributed by atoms with van der Waals surface area (Å²) in [5.74, 6) is -0.728. The molecule has 120 valence electrons. The minimum Gasteiger partial charge on any atom is -0.465 e. The topological polar surface area (TPSA) is 77.9 Å². The van der Waals surface area contributed by atoms with Crippen LogP contribution in [0, 0.1) is 0 Å². The van der Waals surface area contributed by atoms with Crippen LogP contribution in [0.15, 0.2) is 48.5 Å². The maximum absolute atomic E-state index is 12.5. The number of para-hydroxylation sites is 1. The lowest BCUT2D eigenvalue weighted by Gasteiger charge is -2.26. The molecule has 0 saturated carbocycles. The first kappa shape index (κ1) is 14.4. The third-order valence-electron chi connectivity index (χ3n) is 4.55. The van der Waals surface area contributed by atoms with E-state index in [0.29, 0.717) is 23.2 Å². The van der Waals surface area contributed by atoms with Gasteiger partial charge in [-0.1, -0.05) is 30.3 Å². The number of benzene rings is 2. The Morgan fingerprint density at radius 3 is 2.21 bits per heavy atom. The van der Waals surface area contributed by atoms with Gasteiger partial charge < -0.3 is 5.11 Å². The van der Waals surface area contributed by atoms with Gasteiger partial charge in [0, 0.05) is 0 Å². The molecule has 2 aromatic rings. The molecule has 1 N–H and O–H groups in total. The number of hydrogen-bond donors (Lipinski definition) is 1. The molecule has 6 nitrogen and oxygen atoms in total. The monoisotopic (exact) mass is 322 g/mol. The molecule has 0 spiro atoms. The van der Waals surface area contributed by atoms with Crippen LogP contribution in [0.5, 0.6) is 0 Å². The van der Waals surface area contributed by atoms with E-state index < -0.39 is 12.1 Å². The number of carbonyl (C=O) groups excluding carboxylic acids is 2. The maximum atomic E-state index is 12.5. The number of amides is 3. The number of fused-ring (bicyclic) bond motifs is 2. The van der Waals surface area contributed by atoms with Crippen molar-refractivity contribution in [3.63, 3.8) is 0 Å². The van der Waals surface area contributed by atoms with E-state index in [0.717, 1.165) is 10.5 Å². The summed E-state index contributed by atoms with van der Waals surface area (Å²) in [6.07, 6.45) is -0.600. The number of hydrogen-bond acceptors (Lipinski definition) is 3. The normalized spacial score (nSPS) is 18.8. The average Bonchev–Trinajstić information content (AvgIpc) is 3.06. The number of rotatable bonds is 2. The zero-order chi connectivity index (χ0) is 16.8. The minimum atomic E-state index is -1.08. The number of nitrogens with zero attached hydrogens (tertiary/aromatic N) is 2. The SMILES string of the molecule is O=C1c2ccccc2C(=O)N1CC1Cc2ccccc2N1C(=O)O. The predicted molar refractivity (Wildman–Crippen MR) is 86.2 cm³/mol. The van der Waals surface area contributed by atoms with Crippen LogP contribution in [0.4, 0.5) is 10.5 Å². The number of anilines is 1. The van der Waals surface area contributed by atoms with Crippen LogP contribution in [0.25, 0.3) is 0 Å². The Morgan fingerprint density at radius 2 is 1.58 bits per heavy atom. The van der Waals surface area contributed by atoms with Crippen LogP contribution in [-0.4, -0.2) is 40.5 Å². The van der Waals surface area contributed by atoms with Crippen molar-refractivity contribution in [3.05, 3.63) is 65.2 Å². The van der Waals surface area contributed by atoms with Crippen LogP contribution in [-0.2, 0) is 6.42 Å². The summed E-state index contributed by atoms with van der Waals surface area (Å²) in [6, 6.07) is 13.4. The summed E-state index contributed by atoms with van der Waals surface area (Å²) in [7, 11) is 0. The van der Waals surface area contributed by atoms with Gasteiger partial charge in [0.05, 0.1) is 29.4 Å². The van der Waals surface area contributed by atoms with Crippen molar-refractivity contribution in [1.82, 2.24) is 4.90 Å². The minimum absolute atomic E-state index is 0.0489. The van der Waals surface area contributed by atoms with E-state index in [1.54, 1.807) is 36.4 Å². The average molecular weight is 322 g/mol. The van der Waals surface area contributed by atoms with Gasteiger partial charge in [-0.2, -0.15) is 0 Å². The second kappa shape index (κ2) is 5.19. The van der Waals surface area contributed by atoms with Crippen molar-refractivity contribution in [3.8, 4) is 0 Å². The first-order chi connectivity index (χ1) is 11.6. The highest BCUT2D eigenvalue weighted by Gasteiger charge is 2.41. The zero-order valence-electron chi connectivity index (χ0n) is 12.7. The number of carbonyl (C=O) groups is 3. The molecule has 2 aliphatic rings. The van der Waals surface area contributed by atoms with Crippen LogP contribution in [0.3, 0.4) is 0 Å². The molecule has 4 rings (SSSR count). The van der Waals surface area contributed by atoms with Gasteiger partial charge in [-0.3, -0.25) is 19.4 Å². The smallest absolute Gasteiger partial charge is 0.412 e. The molecule has 1 atom stereocenters. The van der Waals surface area contributed by atoms with E-state index in [4.69, 9.17) is 0 Å². The molecule has 3 amide bonds. The van der Waals surface area contributed by atoms with Crippen molar-refractivity contribution in [2.45, 2.75) is 12.5 Å². The van der Waals surface area contributed by atoms with Gasteiger partial charge in [0.2, 0.25) is 0 Å². The molecule has 0 fully saturated rings. The van der Waals surface area contributed by atoms with Crippen LogP contribution >= 0.6 is 0 Å². The Morgan fingerprint density at radius 1 is 1.00 bits per heavy atom. The molecule has 2 heterocycles. The number of carboxylic acid groups (broad SMARTS) is 1. The maximum Gasteiger partial charge on any atom is 0.412 e. The molecule has 24 heavy (non-hydrogen) atoms. The van der Waals surface area contributed by atoms with Gasteiger partial charge in [-0.15, -0.1) is 0 Å². The van der Waals surface area contributed by atoms with Gasteiger partial charge in [0.15, 0.2) is 0 Å². The highest BCUT2D eigenvalue weighted by atomic mass is 16.4. The van der Waals surface area contributed by atoms with Gasteiger partial charge in [-0.05, 0) is 30.2 Å². The predicted octanol–water partition coefficient (Wildman–Crippen LogP) is 2.39. The largest absolute Gasteiger partial charge is 0.465 e. The molecule has 0 aliphatic carbocycles. The quantitative estimate of drug-likeness (QED) is 0.861. The molecular formula is C18H14N2O4. The second-order valence-corrected chi connectivity index (χ2v) is 5.91. The van der Waals surface area contributed by atoms with Crippen LogP contribution in [0.2, 0.25) is 0 Å². The summed E-state index contributed by atoms with van der Waals surface area (Å²) in [5, 5.41) is 9.55. The molecule has 0 bridgehead atoms. The third kappa shape index (κ3) is 2.00. The van der Waals surface area contributed by atoms with Gasteiger partial charge >= 0.3 is 6.09 Å². The fraction of sp³-hybridized carbons (Fsp3) is 0.167. The standard InChI is InChI=1S/C18H14N2O4/c21-16-13-6-2-3-7-14(13)17(22)19(16)10-12-9-11-5-1-4-8-15(11)20(12)18(23)24/h1-8,12H,9-10H2,(H,23,24). The van der Waals surface area contributed by atoms with Gasteiger partial charge in [-0.25, -0.2) is 4.79 Å². The van der Waals surface area contributed by atoms with Gasteiger partial charge in [0.25, 0.3) is 11.8 Å². The van der Waals surface area contributed by atoms with E-state index in [1.807, 2.05) is 12.1 Å². The zero-order valence-corrected chi connectivity index (χ0v) is 12.7. The molecule has 0 aromatic heterocycles. The van der Waals surface area contributed by atoms with Crippen molar-refractivity contribution in [1.29, 1.82) is 0 Å². The van der Waals surface area contributed by atoms with Crippen molar-refractivity contribution in [2.75, 3.05) is 11.4 Å². The lowest BCUT2D eigenvalue weighted by Crippen LogP contribution is -2.46. The molecule has 2 aliphatic heterocycles. The Balaban J connectivity index is 1.64. The molecule has 2 aromatic carbocycles. The second-order valence-electron chi connectivity index (χ2n) is 5.91. The van der Waals surface area contributed by atoms with E-state index in [1.165, 1.54) is 4.90 Å². The van der Waals surface area contributed by atoms with Crippen LogP contribution < -0.4 is 4.90 Å².